The SMILES string of the molecule is N#Cc1ccc2cccc3c2c1-c1cc[nH]c1-3. The first-order valence-corrected chi connectivity index (χ1v) is 5.54. The van der Waals surface area contributed by atoms with Crippen molar-refractivity contribution in [3.63, 3.8) is 0 Å². The number of nitriles is 1. The molecule has 0 radical (unpaired) electrons. The third-order valence-corrected chi connectivity index (χ3v) is 3.45. The minimum atomic E-state index is 0.753. The molecule has 1 aliphatic rings. The number of nitrogens with zero attached hydrogens (tertiary/aromatic N) is 1. The van der Waals surface area contributed by atoms with Gasteiger partial charge in [-0.2, -0.15) is 5.26 Å². The molecule has 0 atom stereocenters. The molecule has 1 aromatic heterocycles. The van der Waals surface area contributed by atoms with E-state index < -0.39 is 0 Å². The van der Waals surface area contributed by atoms with Gasteiger partial charge >= 0.3 is 0 Å². The van der Waals surface area contributed by atoms with Crippen molar-refractivity contribution in [2.45, 2.75) is 0 Å². The van der Waals surface area contributed by atoms with E-state index in [-0.39, 0.29) is 0 Å². The van der Waals surface area contributed by atoms with Gasteiger partial charge in [-0.1, -0.05) is 24.3 Å². The lowest BCUT2D eigenvalue weighted by Gasteiger charge is -2.03. The largest absolute Gasteiger partial charge is 0.361 e. The monoisotopic (exact) mass is 216 g/mol. The Bertz CT molecular complexity index is 803. The van der Waals surface area contributed by atoms with Crippen LogP contribution in [0, 0.1) is 11.3 Å². The van der Waals surface area contributed by atoms with Crippen LogP contribution in [0.15, 0.2) is 42.6 Å². The van der Waals surface area contributed by atoms with E-state index in [1.165, 1.54) is 16.3 Å². The molecule has 1 N–H and O–H groups in total. The molecule has 4 rings (SSSR count). The highest BCUT2D eigenvalue weighted by Gasteiger charge is 2.24. The summed E-state index contributed by atoms with van der Waals surface area (Å²) in [5.41, 5.74) is 5.32. The van der Waals surface area contributed by atoms with E-state index in [2.05, 4.69) is 29.3 Å². The summed E-state index contributed by atoms with van der Waals surface area (Å²) in [5, 5.41) is 11.6. The zero-order chi connectivity index (χ0) is 11.4. The van der Waals surface area contributed by atoms with Crippen molar-refractivity contribution in [3.05, 3.63) is 48.2 Å². The van der Waals surface area contributed by atoms with Crippen molar-refractivity contribution < 1.29 is 0 Å². The van der Waals surface area contributed by atoms with Crippen molar-refractivity contribution in [1.82, 2.24) is 4.98 Å². The van der Waals surface area contributed by atoms with E-state index >= 15 is 0 Å². The number of H-pyrrole nitrogens is 1. The molecular formula is C15H8N2. The van der Waals surface area contributed by atoms with Crippen molar-refractivity contribution >= 4 is 10.8 Å². The highest BCUT2D eigenvalue weighted by Crippen LogP contribution is 2.47. The van der Waals surface area contributed by atoms with Gasteiger partial charge in [0.05, 0.1) is 17.3 Å². The van der Waals surface area contributed by atoms with E-state index in [9.17, 15) is 5.26 Å². The lowest BCUT2D eigenvalue weighted by Crippen LogP contribution is -1.82. The number of fused-ring (bicyclic) bond motifs is 3. The second-order valence-corrected chi connectivity index (χ2v) is 4.27. The van der Waals surface area contributed by atoms with E-state index in [4.69, 9.17) is 0 Å². The van der Waals surface area contributed by atoms with Crippen LogP contribution < -0.4 is 0 Å². The van der Waals surface area contributed by atoms with Crippen molar-refractivity contribution in [2.24, 2.45) is 0 Å². The van der Waals surface area contributed by atoms with Crippen LogP contribution in [-0.2, 0) is 0 Å². The maximum atomic E-state index is 9.24. The minimum absolute atomic E-state index is 0.753. The lowest BCUT2D eigenvalue weighted by atomic mass is 9.99. The van der Waals surface area contributed by atoms with Gasteiger partial charge in [0.2, 0.25) is 0 Å². The quantitative estimate of drug-likeness (QED) is 0.478. The second kappa shape index (κ2) is 2.78. The normalized spacial score (nSPS) is 11.5. The zero-order valence-electron chi connectivity index (χ0n) is 8.99. The first-order valence-electron chi connectivity index (χ1n) is 5.54. The fourth-order valence-electron chi connectivity index (χ4n) is 2.76. The smallest absolute Gasteiger partial charge is 0.0998 e. The Labute approximate surface area is 98.1 Å². The number of hydrogen-bond acceptors (Lipinski definition) is 1. The highest BCUT2D eigenvalue weighted by molar-refractivity contribution is 6.15. The fraction of sp³-hybridized carbons (Fsp3) is 0. The Morgan fingerprint density at radius 2 is 1.94 bits per heavy atom. The summed E-state index contributed by atoms with van der Waals surface area (Å²) in [6.07, 6.45) is 1.93. The number of aromatic amines is 1. The van der Waals surface area contributed by atoms with E-state index in [0.29, 0.717) is 0 Å². The molecule has 2 aromatic carbocycles. The van der Waals surface area contributed by atoms with Gasteiger partial charge in [0, 0.05) is 28.3 Å². The molecule has 0 unspecified atom stereocenters. The Morgan fingerprint density at radius 1 is 1.00 bits per heavy atom. The average Bonchev–Trinajstić information content (AvgIpc) is 2.94. The van der Waals surface area contributed by atoms with E-state index in [1.54, 1.807) is 0 Å². The van der Waals surface area contributed by atoms with Crippen LogP contribution in [0.5, 0.6) is 0 Å². The molecule has 0 saturated carbocycles. The average molecular weight is 216 g/mol. The summed E-state index contributed by atoms with van der Waals surface area (Å²) in [4.78, 5) is 3.27. The van der Waals surface area contributed by atoms with Crippen LogP contribution in [0.25, 0.3) is 33.2 Å². The number of nitrogens with one attached hydrogen (secondary N) is 1. The Kier molecular flexibility index (Phi) is 1.40. The standard InChI is InChI=1S/C15H8N2/c16-8-10-5-4-9-2-1-3-11-13(9)14(10)12-6-7-17-15(11)12/h1-7,17H. The van der Waals surface area contributed by atoms with Crippen molar-refractivity contribution in [1.29, 1.82) is 5.26 Å². The molecule has 0 spiro atoms. The molecule has 0 amide bonds. The predicted octanol–water partition coefficient (Wildman–Crippen LogP) is 3.69. The third-order valence-electron chi connectivity index (χ3n) is 3.45. The summed E-state index contributed by atoms with van der Waals surface area (Å²) in [6, 6.07) is 14.5. The topological polar surface area (TPSA) is 39.6 Å². The summed E-state index contributed by atoms with van der Waals surface area (Å²) in [5.74, 6) is 0. The summed E-state index contributed by atoms with van der Waals surface area (Å²) in [6.45, 7) is 0. The molecule has 0 saturated heterocycles. The molecule has 2 nitrogen and oxygen atoms in total. The van der Waals surface area contributed by atoms with Crippen molar-refractivity contribution in [2.75, 3.05) is 0 Å². The molecule has 0 fully saturated rings. The van der Waals surface area contributed by atoms with Gasteiger partial charge in [-0.15, -0.1) is 0 Å². The summed E-state index contributed by atoms with van der Waals surface area (Å²) in [7, 11) is 0. The number of benzene rings is 2. The Morgan fingerprint density at radius 3 is 2.82 bits per heavy atom. The molecular weight excluding hydrogens is 208 g/mol. The Balaban J connectivity index is 2.34. The molecule has 0 bridgehead atoms. The van der Waals surface area contributed by atoms with Gasteiger partial charge < -0.3 is 4.98 Å². The summed E-state index contributed by atoms with van der Waals surface area (Å²) >= 11 is 0. The van der Waals surface area contributed by atoms with Crippen LogP contribution in [0.1, 0.15) is 5.56 Å². The lowest BCUT2D eigenvalue weighted by molar-refractivity contribution is 1.42. The maximum absolute atomic E-state index is 9.24. The van der Waals surface area contributed by atoms with Gasteiger partial charge in [0.25, 0.3) is 0 Å². The summed E-state index contributed by atoms with van der Waals surface area (Å²) < 4.78 is 0. The second-order valence-electron chi connectivity index (χ2n) is 4.27. The maximum Gasteiger partial charge on any atom is 0.0998 e. The van der Waals surface area contributed by atoms with E-state index in [0.717, 1.165) is 22.4 Å². The van der Waals surface area contributed by atoms with E-state index in [1.807, 2.05) is 24.4 Å². The van der Waals surface area contributed by atoms with Gasteiger partial charge in [-0.3, -0.25) is 0 Å². The van der Waals surface area contributed by atoms with Crippen LogP contribution in [0.2, 0.25) is 0 Å². The molecule has 1 aliphatic carbocycles. The predicted molar refractivity (Wildman–Crippen MR) is 67.4 cm³/mol. The highest BCUT2D eigenvalue weighted by atomic mass is 14.7. The molecule has 17 heavy (non-hydrogen) atoms. The third kappa shape index (κ3) is 0.896. The van der Waals surface area contributed by atoms with Gasteiger partial charge in [0.1, 0.15) is 0 Å². The van der Waals surface area contributed by atoms with Crippen LogP contribution in [0.4, 0.5) is 0 Å². The van der Waals surface area contributed by atoms with Crippen molar-refractivity contribution in [3.8, 4) is 28.5 Å². The fourth-order valence-corrected chi connectivity index (χ4v) is 2.76. The number of hydrogen-bond donors (Lipinski definition) is 1. The zero-order valence-corrected chi connectivity index (χ0v) is 8.99. The molecule has 0 aliphatic heterocycles. The van der Waals surface area contributed by atoms with Crippen LogP contribution in [0.3, 0.4) is 0 Å². The number of aromatic nitrogens is 1. The molecule has 78 valence electrons. The van der Waals surface area contributed by atoms with Gasteiger partial charge in [0.15, 0.2) is 0 Å². The van der Waals surface area contributed by atoms with Crippen LogP contribution >= 0.6 is 0 Å². The first kappa shape index (κ1) is 8.60. The molecule has 1 heterocycles. The van der Waals surface area contributed by atoms with Gasteiger partial charge in [-0.25, -0.2) is 0 Å². The molecule has 2 heteroatoms. The Hall–Kier alpha value is -2.53. The number of rotatable bonds is 0. The first-order chi connectivity index (χ1) is 8.40. The van der Waals surface area contributed by atoms with Gasteiger partial charge in [-0.05, 0) is 17.5 Å². The van der Waals surface area contributed by atoms with Crippen LogP contribution in [-0.4, -0.2) is 4.98 Å². The minimum Gasteiger partial charge on any atom is -0.361 e. The molecule has 3 aromatic rings.